The molecular formula is C30H31ClN6O5. The number of hydrogen-bond acceptors (Lipinski definition) is 9. The van der Waals surface area contributed by atoms with Gasteiger partial charge in [-0.25, -0.2) is 9.67 Å². The zero-order chi connectivity index (χ0) is 29.8. The summed E-state index contributed by atoms with van der Waals surface area (Å²) in [6, 6.07) is 12.4. The third kappa shape index (κ3) is 6.04. The van der Waals surface area contributed by atoms with Crippen molar-refractivity contribution in [1.82, 2.24) is 25.1 Å². The molecule has 0 saturated carbocycles. The Morgan fingerprint density at radius 1 is 1.19 bits per heavy atom. The van der Waals surface area contributed by atoms with Crippen molar-refractivity contribution in [1.29, 1.82) is 0 Å². The van der Waals surface area contributed by atoms with Crippen LogP contribution in [0.25, 0.3) is 22.4 Å². The Bertz CT molecular complexity index is 1680. The third-order valence-corrected chi connectivity index (χ3v) is 7.67. The molecule has 12 heteroatoms. The maximum Gasteiger partial charge on any atom is 0.279 e. The average Bonchev–Trinajstić information content (AvgIpc) is 2.99. The molecule has 0 aliphatic carbocycles. The van der Waals surface area contributed by atoms with Crippen molar-refractivity contribution in [3.63, 3.8) is 0 Å². The van der Waals surface area contributed by atoms with Crippen LogP contribution in [0.4, 0.5) is 5.69 Å². The highest BCUT2D eigenvalue weighted by molar-refractivity contribution is 6.36. The fourth-order valence-electron chi connectivity index (χ4n) is 4.87. The number of carbonyl (C=O) groups excluding carboxylic acids is 1. The number of aryl methyl sites for hydroxylation is 1. The van der Waals surface area contributed by atoms with E-state index in [-0.39, 0.29) is 11.6 Å². The zero-order valence-electron chi connectivity index (χ0n) is 23.4. The Kier molecular flexibility index (Phi) is 8.93. The quantitative estimate of drug-likeness (QED) is 0.282. The third-order valence-electron chi connectivity index (χ3n) is 7.26. The van der Waals surface area contributed by atoms with Gasteiger partial charge in [-0.05, 0) is 36.6 Å². The van der Waals surface area contributed by atoms with Crippen LogP contribution in [0.5, 0.6) is 5.88 Å². The Morgan fingerprint density at radius 2 is 1.95 bits per heavy atom. The predicted molar refractivity (Wildman–Crippen MR) is 159 cm³/mol. The van der Waals surface area contributed by atoms with Gasteiger partial charge in [-0.2, -0.15) is 5.10 Å². The molecule has 2 aromatic heterocycles. The lowest BCUT2D eigenvalue weighted by Crippen LogP contribution is -2.46. The van der Waals surface area contributed by atoms with Crippen molar-refractivity contribution in [2.45, 2.75) is 32.0 Å². The smallest absolute Gasteiger partial charge is 0.279 e. The predicted octanol–water partition coefficient (Wildman–Crippen LogP) is 3.37. The van der Waals surface area contributed by atoms with E-state index in [4.69, 9.17) is 21.1 Å². The number of rotatable bonds is 8. The van der Waals surface area contributed by atoms with E-state index in [0.29, 0.717) is 59.7 Å². The molecule has 218 valence electrons. The molecule has 2 aromatic carbocycles. The number of halogens is 1. The van der Waals surface area contributed by atoms with Crippen LogP contribution in [-0.4, -0.2) is 63.2 Å². The van der Waals surface area contributed by atoms with Gasteiger partial charge in [0.1, 0.15) is 11.3 Å². The molecule has 1 unspecified atom stereocenters. The fraction of sp³-hybridized carbons (Fsp3) is 0.300. The van der Waals surface area contributed by atoms with Gasteiger partial charge in [0.25, 0.3) is 11.5 Å². The molecule has 1 saturated heterocycles. The first-order valence-electron chi connectivity index (χ1n) is 13.4. The molecule has 5 rings (SSSR count). The minimum absolute atomic E-state index is 0.00700. The number of amides is 1. The second-order valence-corrected chi connectivity index (χ2v) is 10.3. The molecule has 4 aromatic rings. The summed E-state index contributed by atoms with van der Waals surface area (Å²) in [5, 5.41) is 20.6. The van der Waals surface area contributed by atoms with E-state index in [0.717, 1.165) is 21.4 Å². The maximum atomic E-state index is 12.9. The van der Waals surface area contributed by atoms with E-state index in [1.54, 1.807) is 12.3 Å². The first kappa shape index (κ1) is 29.3. The number of aliphatic hydroxyl groups is 1. The first-order chi connectivity index (χ1) is 20.3. The number of methoxy groups -OCH3 is 1. The van der Waals surface area contributed by atoms with Crippen molar-refractivity contribution in [3.05, 3.63) is 87.1 Å². The van der Waals surface area contributed by atoms with Gasteiger partial charge in [0.05, 0.1) is 36.7 Å². The monoisotopic (exact) mass is 590 g/mol. The Labute approximate surface area is 247 Å². The summed E-state index contributed by atoms with van der Waals surface area (Å²) in [5.74, 6) is -0.174. The fourth-order valence-corrected chi connectivity index (χ4v) is 5.19. The van der Waals surface area contributed by atoms with Gasteiger partial charge < -0.3 is 25.2 Å². The molecular weight excluding hydrogens is 560 g/mol. The van der Waals surface area contributed by atoms with Crippen molar-refractivity contribution in [2.75, 3.05) is 25.6 Å². The van der Waals surface area contributed by atoms with Crippen LogP contribution >= 0.6 is 11.6 Å². The van der Waals surface area contributed by atoms with Crippen LogP contribution in [0.2, 0.25) is 5.02 Å². The van der Waals surface area contributed by atoms with Crippen LogP contribution in [0.1, 0.15) is 28.0 Å². The second-order valence-electron chi connectivity index (χ2n) is 9.90. The standard InChI is InChI=1S/C30H31ClN6O5/c1-17-18(6-5-9-22(17)35-28(39)21-10-12-34-37(2)30(21)40)19-7-4-8-20(27(19)31)24-14-33-25(29(36-24)41-3)15-32-23-11-13-42-16-26(23)38/h4-10,12,14,23,26,32,38H,11,13,15-16H2,1-3H3,(H,35,39)/t23?,26-/m0/s1. The summed E-state index contributed by atoms with van der Waals surface area (Å²) >= 11 is 6.96. The maximum absolute atomic E-state index is 12.9. The Balaban J connectivity index is 1.41. The minimum Gasteiger partial charge on any atom is -0.480 e. The second kappa shape index (κ2) is 12.8. The summed E-state index contributed by atoms with van der Waals surface area (Å²) in [6.45, 7) is 3.13. The number of carbonyl (C=O) groups is 1. The highest BCUT2D eigenvalue weighted by atomic mass is 35.5. The molecule has 1 amide bonds. The van der Waals surface area contributed by atoms with Gasteiger partial charge in [0.2, 0.25) is 5.88 Å². The van der Waals surface area contributed by atoms with Gasteiger partial charge in [-0.15, -0.1) is 0 Å². The molecule has 11 nitrogen and oxygen atoms in total. The SMILES string of the molecule is COc1nc(-c2cccc(-c3cccc(NC(=O)c4ccnn(C)c4=O)c3C)c2Cl)cnc1CNC1CCOC[C@@H]1O. The number of hydrogen-bond donors (Lipinski definition) is 3. The van der Waals surface area contributed by atoms with E-state index in [9.17, 15) is 14.7 Å². The lowest BCUT2D eigenvalue weighted by atomic mass is 9.96. The summed E-state index contributed by atoms with van der Waals surface area (Å²) < 4.78 is 11.9. The van der Waals surface area contributed by atoms with Crippen molar-refractivity contribution in [2.24, 2.45) is 7.05 Å². The van der Waals surface area contributed by atoms with Gasteiger partial charge in [0.15, 0.2) is 0 Å². The molecule has 42 heavy (non-hydrogen) atoms. The summed E-state index contributed by atoms with van der Waals surface area (Å²) in [7, 11) is 3.02. The van der Waals surface area contributed by atoms with E-state index in [1.807, 2.05) is 37.3 Å². The van der Waals surface area contributed by atoms with Gasteiger partial charge in [-0.1, -0.05) is 41.9 Å². The summed E-state index contributed by atoms with van der Waals surface area (Å²) in [6.07, 6.45) is 3.16. The van der Waals surface area contributed by atoms with Crippen LogP contribution in [0.15, 0.2) is 59.7 Å². The van der Waals surface area contributed by atoms with Crippen LogP contribution in [-0.2, 0) is 18.3 Å². The number of nitrogens with zero attached hydrogens (tertiary/aromatic N) is 4. The van der Waals surface area contributed by atoms with Crippen molar-refractivity contribution in [3.8, 4) is 28.3 Å². The molecule has 1 aliphatic rings. The lowest BCUT2D eigenvalue weighted by Gasteiger charge is -2.28. The highest BCUT2D eigenvalue weighted by Gasteiger charge is 2.24. The van der Waals surface area contributed by atoms with E-state index >= 15 is 0 Å². The summed E-state index contributed by atoms with van der Waals surface area (Å²) in [5.41, 5.74) is 4.17. The normalized spacial score (nSPS) is 16.7. The van der Waals surface area contributed by atoms with Crippen molar-refractivity contribution >= 4 is 23.2 Å². The highest BCUT2D eigenvalue weighted by Crippen LogP contribution is 2.39. The average molecular weight is 591 g/mol. The Morgan fingerprint density at radius 3 is 2.74 bits per heavy atom. The minimum atomic E-state index is -0.586. The number of aromatic nitrogens is 4. The van der Waals surface area contributed by atoms with Gasteiger partial charge in [-0.3, -0.25) is 14.6 Å². The van der Waals surface area contributed by atoms with Gasteiger partial charge >= 0.3 is 0 Å². The van der Waals surface area contributed by atoms with E-state index in [1.165, 1.54) is 26.4 Å². The Hall–Kier alpha value is -4.16. The molecule has 3 heterocycles. The molecule has 3 N–H and O–H groups in total. The molecule has 0 spiro atoms. The first-order valence-corrected chi connectivity index (χ1v) is 13.8. The van der Waals surface area contributed by atoms with Crippen molar-refractivity contribution < 1.29 is 19.4 Å². The van der Waals surface area contributed by atoms with E-state index in [2.05, 4.69) is 25.7 Å². The topological polar surface area (TPSA) is 140 Å². The van der Waals surface area contributed by atoms with Crippen LogP contribution < -0.4 is 20.9 Å². The number of nitrogens with one attached hydrogen (secondary N) is 2. The molecule has 0 radical (unpaired) electrons. The number of benzene rings is 2. The molecule has 0 bridgehead atoms. The lowest BCUT2D eigenvalue weighted by molar-refractivity contribution is -0.0281. The largest absolute Gasteiger partial charge is 0.480 e. The molecule has 2 atom stereocenters. The van der Waals surface area contributed by atoms with Gasteiger partial charge in [0, 0.05) is 49.3 Å². The van der Waals surface area contributed by atoms with E-state index < -0.39 is 17.6 Å². The number of ether oxygens (including phenoxy) is 2. The zero-order valence-corrected chi connectivity index (χ0v) is 24.2. The number of aliphatic hydroxyl groups excluding tert-OH is 1. The summed E-state index contributed by atoms with van der Waals surface area (Å²) in [4.78, 5) is 34.5. The van der Waals surface area contributed by atoms with Crippen LogP contribution in [0.3, 0.4) is 0 Å². The van der Waals surface area contributed by atoms with Crippen LogP contribution in [0, 0.1) is 6.92 Å². The molecule has 1 fully saturated rings. The number of anilines is 1. The molecule has 1 aliphatic heterocycles.